The monoisotopic (exact) mass is 573 g/mol. The minimum Gasteiger partial charge on any atom is -0.471 e. The Hall–Kier alpha value is -3.56. The lowest BCUT2D eigenvalue weighted by molar-refractivity contribution is -0.344. The normalized spacial score (nSPS) is 35.0. The highest BCUT2D eigenvalue weighted by Gasteiger charge is 2.56. The van der Waals surface area contributed by atoms with Crippen molar-refractivity contribution in [1.82, 2.24) is 0 Å². The maximum Gasteiger partial charge on any atom is 0.337 e. The van der Waals surface area contributed by atoms with Gasteiger partial charge in [0.25, 0.3) is 0 Å². The highest BCUT2D eigenvalue weighted by atomic mass is 16.8. The van der Waals surface area contributed by atoms with E-state index in [0.29, 0.717) is 6.29 Å². The maximum atomic E-state index is 12.4. The van der Waals surface area contributed by atoms with Gasteiger partial charge in [-0.25, -0.2) is 4.79 Å². The van der Waals surface area contributed by atoms with Gasteiger partial charge in [0.1, 0.15) is 19.0 Å². The molecule has 0 aromatic carbocycles. The van der Waals surface area contributed by atoms with E-state index in [1.165, 1.54) is 0 Å². The second-order valence-electron chi connectivity index (χ2n) is 9.06. The molecule has 0 aliphatic carbocycles. The van der Waals surface area contributed by atoms with E-state index >= 15 is 0 Å². The van der Waals surface area contributed by atoms with Crippen LogP contribution in [0.2, 0.25) is 0 Å². The van der Waals surface area contributed by atoms with Gasteiger partial charge >= 0.3 is 29.8 Å². The quantitative estimate of drug-likeness (QED) is 0.136. The van der Waals surface area contributed by atoms with Gasteiger partial charge in [0.2, 0.25) is 12.6 Å². The SMILES string of the molecule is [2H][C@@]1([C@H]2[C@H](O[C@@H]3O[C@H](COC(C)=O)[C@@H](OC(C)=O)[C@H](OC(C)=O)[C@H]3OC(C)=O)OC=C(C(=O)OC)[C@H]2CC=O)CO1. The van der Waals surface area contributed by atoms with Crippen molar-refractivity contribution in [2.45, 2.75) is 77.2 Å². The number of epoxide rings is 1. The van der Waals surface area contributed by atoms with Crippen molar-refractivity contribution in [3.8, 4) is 0 Å². The first-order valence-electron chi connectivity index (χ1n) is 12.8. The fourth-order valence-corrected chi connectivity index (χ4v) is 4.55. The van der Waals surface area contributed by atoms with Crippen LogP contribution in [0.15, 0.2) is 11.8 Å². The van der Waals surface area contributed by atoms with Crippen LogP contribution in [0.3, 0.4) is 0 Å². The summed E-state index contributed by atoms with van der Waals surface area (Å²) in [6, 6.07) is 0. The van der Waals surface area contributed by atoms with E-state index in [4.69, 9.17) is 44.0 Å². The topological polar surface area (TPSA) is 189 Å². The fraction of sp³-hybridized carbons (Fsp3) is 0.680. The summed E-state index contributed by atoms with van der Waals surface area (Å²) in [6.45, 7) is 3.78. The molecule has 0 saturated carbocycles. The third kappa shape index (κ3) is 7.76. The molecule has 3 aliphatic heterocycles. The van der Waals surface area contributed by atoms with Crippen molar-refractivity contribution in [2.24, 2.45) is 11.8 Å². The summed E-state index contributed by atoms with van der Waals surface area (Å²) >= 11 is 0. The van der Waals surface area contributed by atoms with Crippen molar-refractivity contribution >= 4 is 36.1 Å². The maximum absolute atomic E-state index is 12.4. The molecule has 15 nitrogen and oxygen atoms in total. The van der Waals surface area contributed by atoms with Crippen LogP contribution in [0.25, 0.3) is 0 Å². The molecule has 0 radical (unpaired) electrons. The predicted octanol–water partition coefficient (Wildman–Crippen LogP) is -0.280. The third-order valence-electron chi connectivity index (χ3n) is 6.13. The largest absolute Gasteiger partial charge is 0.471 e. The second kappa shape index (κ2) is 13.7. The number of carbonyl (C=O) groups is 6. The number of aldehydes is 1. The van der Waals surface area contributed by atoms with Gasteiger partial charge in [-0.2, -0.15) is 0 Å². The van der Waals surface area contributed by atoms with E-state index in [2.05, 4.69) is 0 Å². The molecule has 9 atom stereocenters. The van der Waals surface area contributed by atoms with Crippen LogP contribution < -0.4 is 0 Å². The molecule has 40 heavy (non-hydrogen) atoms. The van der Waals surface area contributed by atoms with Gasteiger partial charge in [-0.15, -0.1) is 0 Å². The minimum atomic E-state index is -1.63. The lowest BCUT2D eigenvalue weighted by Crippen LogP contribution is -2.63. The molecule has 0 spiro atoms. The molecule has 2 fully saturated rings. The van der Waals surface area contributed by atoms with Gasteiger partial charge in [-0.1, -0.05) is 0 Å². The van der Waals surface area contributed by atoms with Crippen molar-refractivity contribution < 1.29 is 72.8 Å². The summed E-state index contributed by atoms with van der Waals surface area (Å²) in [5, 5.41) is 0. The van der Waals surface area contributed by atoms with Crippen LogP contribution in [0, 0.1) is 11.8 Å². The van der Waals surface area contributed by atoms with Gasteiger partial charge in [0.15, 0.2) is 18.3 Å². The number of hydrogen-bond acceptors (Lipinski definition) is 15. The Balaban J connectivity index is 2.04. The molecule has 3 heterocycles. The van der Waals surface area contributed by atoms with Gasteiger partial charge in [0, 0.05) is 40.0 Å². The molecule has 3 aliphatic rings. The van der Waals surface area contributed by atoms with Gasteiger partial charge in [-0.05, 0) is 0 Å². The lowest BCUT2D eigenvalue weighted by Gasteiger charge is -2.46. The van der Waals surface area contributed by atoms with Crippen LogP contribution >= 0.6 is 0 Å². The van der Waals surface area contributed by atoms with E-state index in [1.54, 1.807) is 0 Å². The molecule has 0 amide bonds. The van der Waals surface area contributed by atoms with Crippen molar-refractivity contribution in [1.29, 1.82) is 0 Å². The molecule has 15 heteroatoms. The minimum absolute atomic E-state index is 0.0341. The van der Waals surface area contributed by atoms with Crippen molar-refractivity contribution in [3.63, 3.8) is 0 Å². The van der Waals surface area contributed by atoms with E-state index < -0.39 is 91.4 Å². The zero-order chi connectivity index (χ0) is 30.5. The summed E-state index contributed by atoms with van der Waals surface area (Å²) in [5.41, 5.74) is -0.0341. The van der Waals surface area contributed by atoms with Crippen LogP contribution in [-0.4, -0.2) is 99.5 Å². The average Bonchev–Trinajstić information content (AvgIpc) is 3.63. The first-order valence-corrected chi connectivity index (χ1v) is 12.3. The Morgan fingerprint density at radius 3 is 2.08 bits per heavy atom. The highest BCUT2D eigenvalue weighted by Crippen LogP contribution is 2.42. The van der Waals surface area contributed by atoms with Crippen LogP contribution in [0.1, 0.15) is 35.5 Å². The highest BCUT2D eigenvalue weighted by molar-refractivity contribution is 5.89. The average molecular weight is 574 g/mol. The number of methoxy groups -OCH3 is 1. The molecule has 0 aromatic heterocycles. The predicted molar refractivity (Wildman–Crippen MR) is 125 cm³/mol. The molecular weight excluding hydrogens is 540 g/mol. The molecule has 0 aromatic rings. The molecule has 3 rings (SSSR count). The summed E-state index contributed by atoms with van der Waals surface area (Å²) < 4.78 is 57.6. The van der Waals surface area contributed by atoms with E-state index in [-0.39, 0.29) is 18.6 Å². The number of hydrogen-bond donors (Lipinski definition) is 0. The zero-order valence-corrected chi connectivity index (χ0v) is 22.5. The number of carbonyl (C=O) groups excluding carboxylic acids is 6. The lowest BCUT2D eigenvalue weighted by atomic mass is 9.80. The van der Waals surface area contributed by atoms with Gasteiger partial charge in [0.05, 0.1) is 38.9 Å². The summed E-state index contributed by atoms with van der Waals surface area (Å²) in [7, 11) is 1.14. The van der Waals surface area contributed by atoms with Gasteiger partial charge < -0.3 is 47.4 Å². The Bertz CT molecular complexity index is 1070. The fourth-order valence-electron chi connectivity index (χ4n) is 4.55. The Kier molecular flexibility index (Phi) is 10.1. The second-order valence-corrected chi connectivity index (χ2v) is 9.06. The molecule has 2 saturated heterocycles. The standard InChI is InChI=1S/C25H32O15/c1-11(27)33-10-18-20(36-12(2)28)21(37-13(3)29)22(38-14(4)30)25(39-18)40-24-19(17-9-34-17)15(6-7-26)16(8-35-24)23(31)32-5/h7-8,15,17-22,24-25H,6,9-10H2,1-5H3/t15-,17+,18-,19+,20-,21+,22-,24+,25+/m1/s1/i17D. The van der Waals surface area contributed by atoms with Gasteiger partial charge in [-0.3, -0.25) is 19.2 Å². The Morgan fingerprint density at radius 2 is 1.55 bits per heavy atom. The molecule has 222 valence electrons. The summed E-state index contributed by atoms with van der Waals surface area (Å²) in [5.74, 6) is -6.02. The Labute approximate surface area is 230 Å². The van der Waals surface area contributed by atoms with Crippen molar-refractivity contribution in [3.05, 3.63) is 11.8 Å². The first kappa shape index (κ1) is 29.4. The van der Waals surface area contributed by atoms with Crippen LogP contribution in [0.5, 0.6) is 0 Å². The molecule has 0 bridgehead atoms. The van der Waals surface area contributed by atoms with Crippen LogP contribution in [-0.2, 0) is 71.4 Å². The van der Waals surface area contributed by atoms with E-state index in [1.807, 2.05) is 0 Å². The Morgan fingerprint density at radius 1 is 0.950 bits per heavy atom. The van der Waals surface area contributed by atoms with Crippen LogP contribution in [0.4, 0.5) is 0 Å². The van der Waals surface area contributed by atoms with Crippen molar-refractivity contribution in [2.75, 3.05) is 20.3 Å². The van der Waals surface area contributed by atoms with E-state index in [9.17, 15) is 28.8 Å². The molecule has 0 N–H and O–H groups in total. The molecule has 0 unspecified atom stereocenters. The number of esters is 5. The summed E-state index contributed by atoms with van der Waals surface area (Å²) in [6.07, 6.45) is -9.11. The summed E-state index contributed by atoms with van der Waals surface area (Å²) in [4.78, 5) is 71.6. The van der Waals surface area contributed by atoms with E-state index in [0.717, 1.165) is 41.1 Å². The number of rotatable bonds is 11. The third-order valence-corrected chi connectivity index (χ3v) is 6.13. The smallest absolute Gasteiger partial charge is 0.337 e. The number of ether oxygens (including phenoxy) is 9. The zero-order valence-electron chi connectivity index (χ0n) is 23.5. The molecular formula is C25H32O15. The first-order chi connectivity index (χ1) is 19.3.